The molecule has 2 saturated heterocycles. The van der Waals surface area contributed by atoms with Gasteiger partial charge in [-0.1, -0.05) is 16.8 Å². The molecule has 0 radical (unpaired) electrons. The monoisotopic (exact) mass is 574 g/mol. The van der Waals surface area contributed by atoms with Gasteiger partial charge in [-0.15, -0.1) is 24.0 Å². The van der Waals surface area contributed by atoms with E-state index in [1.54, 1.807) is 0 Å². The summed E-state index contributed by atoms with van der Waals surface area (Å²) in [7, 11) is 0. The van der Waals surface area contributed by atoms with Gasteiger partial charge in [0.15, 0.2) is 5.96 Å². The first kappa shape index (κ1) is 25.2. The number of benzene rings is 1. The van der Waals surface area contributed by atoms with Gasteiger partial charge in [0, 0.05) is 56.3 Å². The lowest BCUT2D eigenvalue weighted by Gasteiger charge is -2.29. The number of likely N-dealkylation sites (tertiary alicyclic amines) is 1. The summed E-state index contributed by atoms with van der Waals surface area (Å²) in [6.07, 6.45) is 1.82. The van der Waals surface area contributed by atoms with Gasteiger partial charge in [-0.05, 0) is 43.5 Å². The molecular weight excluding hydrogens is 543 g/mol. The number of aliphatic imine (C=N–C) groups is 1. The fourth-order valence-electron chi connectivity index (χ4n) is 4.08. The lowest BCUT2D eigenvalue weighted by atomic mass is 10.1. The van der Waals surface area contributed by atoms with Crippen LogP contribution in [0.3, 0.4) is 0 Å². The number of hydrogen-bond donors (Lipinski definition) is 1. The van der Waals surface area contributed by atoms with Crippen LogP contribution in [0.25, 0.3) is 11.4 Å². The zero-order valence-electron chi connectivity index (χ0n) is 18.5. The summed E-state index contributed by atoms with van der Waals surface area (Å²) in [6.45, 7) is 10.6. The number of rotatable bonds is 7. The Morgan fingerprint density at radius 2 is 2.00 bits per heavy atom. The molecule has 0 spiro atoms. The highest BCUT2D eigenvalue weighted by atomic mass is 127. The molecule has 1 aromatic heterocycles. The number of morpholine rings is 1. The molecule has 3 heterocycles. The Morgan fingerprint density at radius 1 is 1.22 bits per heavy atom. The minimum Gasteiger partial charge on any atom is -0.379 e. The van der Waals surface area contributed by atoms with Crippen LogP contribution in [0.1, 0.15) is 19.2 Å². The van der Waals surface area contributed by atoms with Crippen LogP contribution in [0.2, 0.25) is 5.02 Å². The molecule has 8 nitrogen and oxygen atoms in total. The summed E-state index contributed by atoms with van der Waals surface area (Å²) in [5.41, 5.74) is 0.889. The molecule has 2 fully saturated rings. The van der Waals surface area contributed by atoms with Crippen LogP contribution >= 0.6 is 35.6 Å². The SMILES string of the molecule is CCNC(=NCCc1nc(-c2ccc(Cl)cc2)no1)N1CCC(CN2CCOCC2)C1.I. The number of hydrogen-bond acceptors (Lipinski definition) is 6. The number of guanidine groups is 1. The lowest BCUT2D eigenvalue weighted by Crippen LogP contribution is -2.42. The predicted molar refractivity (Wildman–Crippen MR) is 137 cm³/mol. The quantitative estimate of drug-likeness (QED) is 0.309. The molecule has 1 N–H and O–H groups in total. The van der Waals surface area contributed by atoms with E-state index in [-0.39, 0.29) is 24.0 Å². The number of nitrogens with one attached hydrogen (secondary N) is 1. The van der Waals surface area contributed by atoms with Crippen molar-refractivity contribution in [1.29, 1.82) is 0 Å². The molecule has 2 aliphatic heterocycles. The van der Waals surface area contributed by atoms with Crippen molar-refractivity contribution in [2.24, 2.45) is 10.9 Å². The maximum Gasteiger partial charge on any atom is 0.228 e. The van der Waals surface area contributed by atoms with E-state index in [0.717, 1.165) is 64.0 Å². The molecule has 0 aliphatic carbocycles. The molecule has 1 aromatic carbocycles. The summed E-state index contributed by atoms with van der Waals surface area (Å²) >= 11 is 5.94. The molecular formula is C22H32ClIN6O2. The van der Waals surface area contributed by atoms with Gasteiger partial charge in [-0.2, -0.15) is 4.98 Å². The predicted octanol–water partition coefficient (Wildman–Crippen LogP) is 3.17. The first-order valence-corrected chi connectivity index (χ1v) is 11.5. The van der Waals surface area contributed by atoms with Crippen molar-refractivity contribution in [2.75, 3.05) is 59.0 Å². The zero-order valence-corrected chi connectivity index (χ0v) is 21.6. The first-order valence-electron chi connectivity index (χ1n) is 11.1. The van der Waals surface area contributed by atoms with E-state index in [1.807, 2.05) is 24.3 Å². The molecule has 32 heavy (non-hydrogen) atoms. The van der Waals surface area contributed by atoms with Crippen molar-refractivity contribution in [2.45, 2.75) is 19.8 Å². The summed E-state index contributed by atoms with van der Waals surface area (Å²) in [5, 5.41) is 8.20. The molecule has 0 saturated carbocycles. The average molecular weight is 575 g/mol. The molecule has 0 bridgehead atoms. The Kier molecular flexibility index (Phi) is 10.0. The zero-order chi connectivity index (χ0) is 21.5. The number of nitrogens with zero attached hydrogens (tertiary/aromatic N) is 5. The first-order chi connectivity index (χ1) is 15.2. The molecule has 1 unspecified atom stereocenters. The maximum absolute atomic E-state index is 5.94. The van der Waals surface area contributed by atoms with E-state index in [9.17, 15) is 0 Å². The van der Waals surface area contributed by atoms with Crippen LogP contribution in [0.4, 0.5) is 0 Å². The Labute approximate surface area is 211 Å². The van der Waals surface area contributed by atoms with Gasteiger partial charge < -0.3 is 19.5 Å². The van der Waals surface area contributed by atoms with Crippen LogP contribution in [0, 0.1) is 5.92 Å². The van der Waals surface area contributed by atoms with Crippen LogP contribution in [-0.4, -0.2) is 84.9 Å². The third-order valence-electron chi connectivity index (χ3n) is 5.70. The number of ether oxygens (including phenoxy) is 1. The second-order valence-corrected chi connectivity index (χ2v) is 8.45. The van der Waals surface area contributed by atoms with E-state index >= 15 is 0 Å². The van der Waals surface area contributed by atoms with Crippen LogP contribution in [-0.2, 0) is 11.2 Å². The van der Waals surface area contributed by atoms with E-state index in [4.69, 9.17) is 25.9 Å². The van der Waals surface area contributed by atoms with Crippen molar-refractivity contribution >= 4 is 41.5 Å². The molecule has 176 valence electrons. The molecule has 10 heteroatoms. The van der Waals surface area contributed by atoms with Crippen molar-refractivity contribution in [3.63, 3.8) is 0 Å². The fraction of sp³-hybridized carbons (Fsp3) is 0.591. The second-order valence-electron chi connectivity index (χ2n) is 8.02. The van der Waals surface area contributed by atoms with E-state index < -0.39 is 0 Å². The molecule has 4 rings (SSSR count). The van der Waals surface area contributed by atoms with Crippen molar-refractivity contribution < 1.29 is 9.26 Å². The number of aromatic nitrogens is 2. The highest BCUT2D eigenvalue weighted by molar-refractivity contribution is 14.0. The van der Waals surface area contributed by atoms with E-state index in [0.29, 0.717) is 35.6 Å². The molecule has 1 atom stereocenters. The fourth-order valence-corrected chi connectivity index (χ4v) is 4.20. The van der Waals surface area contributed by atoms with Crippen molar-refractivity contribution in [3.05, 3.63) is 35.2 Å². The topological polar surface area (TPSA) is 79.0 Å². The van der Waals surface area contributed by atoms with Gasteiger partial charge in [0.25, 0.3) is 0 Å². The van der Waals surface area contributed by atoms with E-state index in [2.05, 4.69) is 32.2 Å². The Morgan fingerprint density at radius 3 is 2.75 bits per heavy atom. The summed E-state index contributed by atoms with van der Waals surface area (Å²) in [5.74, 6) is 2.83. The maximum atomic E-state index is 5.94. The third kappa shape index (κ3) is 7.03. The lowest BCUT2D eigenvalue weighted by molar-refractivity contribution is 0.0315. The summed E-state index contributed by atoms with van der Waals surface area (Å²) in [4.78, 5) is 14.2. The summed E-state index contributed by atoms with van der Waals surface area (Å²) in [6, 6.07) is 7.42. The summed E-state index contributed by atoms with van der Waals surface area (Å²) < 4.78 is 10.9. The normalized spacial score (nSPS) is 19.8. The van der Waals surface area contributed by atoms with Gasteiger partial charge in [-0.3, -0.25) is 9.89 Å². The van der Waals surface area contributed by atoms with Gasteiger partial charge in [0.2, 0.25) is 11.7 Å². The third-order valence-corrected chi connectivity index (χ3v) is 5.95. The standard InChI is InChI=1S/C22H31ClN6O2.HI/c1-2-24-22(29-10-8-17(16-29)15-28-11-13-30-14-12-28)25-9-7-20-26-21(27-31-20)18-3-5-19(23)6-4-18;/h3-6,17H,2,7-16H2,1H3,(H,24,25);1H. The minimum atomic E-state index is 0. The van der Waals surface area contributed by atoms with Gasteiger partial charge in [0.1, 0.15) is 0 Å². The Balaban J connectivity index is 0.00000289. The second kappa shape index (κ2) is 12.7. The van der Waals surface area contributed by atoms with Crippen LogP contribution in [0.5, 0.6) is 0 Å². The largest absolute Gasteiger partial charge is 0.379 e. The molecule has 2 aromatic rings. The molecule has 2 aliphatic rings. The van der Waals surface area contributed by atoms with Crippen molar-refractivity contribution in [1.82, 2.24) is 25.3 Å². The van der Waals surface area contributed by atoms with Crippen LogP contribution < -0.4 is 5.32 Å². The highest BCUT2D eigenvalue weighted by Gasteiger charge is 2.27. The molecule has 0 amide bonds. The average Bonchev–Trinajstić information content (AvgIpc) is 3.44. The van der Waals surface area contributed by atoms with Gasteiger partial charge in [0.05, 0.1) is 19.8 Å². The smallest absolute Gasteiger partial charge is 0.228 e. The van der Waals surface area contributed by atoms with Gasteiger partial charge >= 0.3 is 0 Å². The van der Waals surface area contributed by atoms with Crippen LogP contribution in [0.15, 0.2) is 33.8 Å². The van der Waals surface area contributed by atoms with Crippen molar-refractivity contribution in [3.8, 4) is 11.4 Å². The Hall–Kier alpha value is -1.43. The minimum absolute atomic E-state index is 0. The van der Waals surface area contributed by atoms with E-state index in [1.165, 1.54) is 6.42 Å². The Bertz CT molecular complexity index is 856. The van der Waals surface area contributed by atoms with Gasteiger partial charge in [-0.25, -0.2) is 0 Å². The highest BCUT2D eigenvalue weighted by Crippen LogP contribution is 2.20. The number of halogens is 2.